The van der Waals surface area contributed by atoms with Gasteiger partial charge in [-0.05, 0) is 26.6 Å². The van der Waals surface area contributed by atoms with Crippen molar-refractivity contribution in [1.29, 1.82) is 0 Å². The Balaban J connectivity index is 2.40. The monoisotopic (exact) mass is 300 g/mol. The molecule has 2 nitrogen and oxygen atoms in total. The number of halogens is 1. The van der Waals surface area contributed by atoms with Gasteiger partial charge in [0.2, 0.25) is 0 Å². The summed E-state index contributed by atoms with van der Waals surface area (Å²) in [5.74, 6) is -0.189. The quantitative estimate of drug-likeness (QED) is 0.344. The number of hydrogen-bond acceptors (Lipinski definition) is 2. The Bertz CT molecular complexity index is 161. The van der Waals surface area contributed by atoms with E-state index >= 15 is 0 Å². The minimum atomic E-state index is -1.43. The summed E-state index contributed by atoms with van der Waals surface area (Å²) < 4.78 is 11.9. The Morgan fingerprint density at radius 3 is 2.08 bits per heavy atom. The normalized spacial score (nSPS) is 23.8. The lowest BCUT2D eigenvalue weighted by molar-refractivity contribution is -0.112. The van der Waals surface area contributed by atoms with Gasteiger partial charge in [0.05, 0.1) is 0 Å². The average molecular weight is 300 g/mol. The van der Waals surface area contributed by atoms with E-state index in [0.29, 0.717) is 0 Å². The van der Waals surface area contributed by atoms with Crippen LogP contribution in [0.3, 0.4) is 0 Å². The topological polar surface area (TPSA) is 18.5 Å². The zero-order chi connectivity index (χ0) is 9.41. The van der Waals surface area contributed by atoms with Gasteiger partial charge in [-0.2, -0.15) is 0 Å². The third-order valence-corrected chi connectivity index (χ3v) is 2.77. The van der Waals surface area contributed by atoms with E-state index < -0.39 is 8.32 Å². The highest BCUT2D eigenvalue weighted by atomic mass is 127. The lowest BCUT2D eigenvalue weighted by Crippen LogP contribution is -2.35. The molecule has 1 aliphatic carbocycles. The van der Waals surface area contributed by atoms with E-state index in [1.807, 2.05) is 6.92 Å². The van der Waals surface area contributed by atoms with Crippen molar-refractivity contribution in [2.24, 2.45) is 0 Å². The van der Waals surface area contributed by atoms with E-state index in [9.17, 15) is 0 Å². The molecule has 0 aliphatic heterocycles. The van der Waals surface area contributed by atoms with Gasteiger partial charge in [-0.15, -0.1) is 0 Å². The number of alkyl halides is 1. The first-order chi connectivity index (χ1) is 5.33. The summed E-state index contributed by atoms with van der Waals surface area (Å²) in [6.45, 7) is 8.66. The van der Waals surface area contributed by atoms with Crippen LogP contribution in [-0.4, -0.2) is 18.2 Å². The Kier molecular flexibility index (Phi) is 3.24. The van der Waals surface area contributed by atoms with Gasteiger partial charge >= 0.3 is 0 Å². The summed E-state index contributed by atoms with van der Waals surface area (Å²) in [4.78, 5) is 0. The van der Waals surface area contributed by atoms with Crippen molar-refractivity contribution in [3.63, 3.8) is 0 Å². The Morgan fingerprint density at radius 1 is 1.33 bits per heavy atom. The SMILES string of the molecule is CC(I)OC1(O[Si](C)(C)C)CC1. The van der Waals surface area contributed by atoms with E-state index in [-0.39, 0.29) is 9.90 Å². The second-order valence-corrected chi connectivity index (χ2v) is 10.5. The number of hydrogen-bond donors (Lipinski definition) is 0. The molecule has 1 atom stereocenters. The summed E-state index contributed by atoms with van der Waals surface area (Å²) >= 11 is 2.27. The second-order valence-electron chi connectivity index (χ2n) is 4.29. The minimum Gasteiger partial charge on any atom is -0.391 e. The highest BCUT2D eigenvalue weighted by molar-refractivity contribution is 14.1. The summed E-state index contributed by atoms with van der Waals surface area (Å²) in [6.07, 6.45) is 2.15. The molecule has 4 heteroatoms. The van der Waals surface area contributed by atoms with Crippen molar-refractivity contribution in [3.8, 4) is 0 Å². The molecule has 1 rings (SSSR count). The molecule has 0 bridgehead atoms. The van der Waals surface area contributed by atoms with Crippen LogP contribution < -0.4 is 0 Å². The Hall–Kier alpha value is 0.867. The first-order valence-corrected chi connectivity index (χ1v) is 9.00. The third-order valence-electron chi connectivity index (χ3n) is 1.53. The summed E-state index contributed by atoms with van der Waals surface area (Å²) in [7, 11) is -1.43. The van der Waals surface area contributed by atoms with Crippen LogP contribution in [0.25, 0.3) is 0 Å². The lowest BCUT2D eigenvalue weighted by atomic mass is 10.7. The Labute approximate surface area is 89.3 Å². The molecule has 12 heavy (non-hydrogen) atoms. The van der Waals surface area contributed by atoms with Crippen molar-refractivity contribution < 1.29 is 9.16 Å². The first-order valence-electron chi connectivity index (χ1n) is 4.35. The van der Waals surface area contributed by atoms with Gasteiger partial charge in [0.1, 0.15) is 4.11 Å². The van der Waals surface area contributed by atoms with Crippen molar-refractivity contribution in [2.75, 3.05) is 0 Å². The lowest BCUT2D eigenvalue weighted by Gasteiger charge is -2.27. The van der Waals surface area contributed by atoms with E-state index in [0.717, 1.165) is 12.8 Å². The molecule has 0 amide bonds. The maximum absolute atomic E-state index is 5.96. The molecule has 1 unspecified atom stereocenters. The van der Waals surface area contributed by atoms with E-state index in [4.69, 9.17) is 9.16 Å². The maximum atomic E-state index is 5.96. The third kappa shape index (κ3) is 3.72. The number of ether oxygens (including phenoxy) is 1. The Morgan fingerprint density at radius 2 is 1.83 bits per heavy atom. The van der Waals surface area contributed by atoms with Crippen LogP contribution in [0.2, 0.25) is 19.6 Å². The predicted octanol–water partition coefficient (Wildman–Crippen LogP) is 3.13. The van der Waals surface area contributed by atoms with Crippen LogP contribution in [-0.2, 0) is 9.16 Å². The molecule has 1 aliphatic rings. The average Bonchev–Trinajstić information content (AvgIpc) is 2.40. The second kappa shape index (κ2) is 3.55. The van der Waals surface area contributed by atoms with Crippen LogP contribution in [0.1, 0.15) is 19.8 Å². The molecular weight excluding hydrogens is 283 g/mol. The van der Waals surface area contributed by atoms with Crippen molar-refractivity contribution in [2.45, 2.75) is 49.3 Å². The van der Waals surface area contributed by atoms with E-state index in [1.54, 1.807) is 0 Å². The molecule has 0 heterocycles. The van der Waals surface area contributed by atoms with Gasteiger partial charge in [-0.25, -0.2) is 0 Å². The summed E-state index contributed by atoms with van der Waals surface area (Å²) in [5.41, 5.74) is 0. The fourth-order valence-corrected chi connectivity index (χ4v) is 3.03. The fourth-order valence-electron chi connectivity index (χ4n) is 1.20. The smallest absolute Gasteiger partial charge is 0.187 e. The van der Waals surface area contributed by atoms with E-state index in [2.05, 4.69) is 42.2 Å². The van der Waals surface area contributed by atoms with Crippen LogP contribution in [0, 0.1) is 0 Å². The van der Waals surface area contributed by atoms with Crippen molar-refractivity contribution in [3.05, 3.63) is 0 Å². The van der Waals surface area contributed by atoms with Crippen LogP contribution in [0.4, 0.5) is 0 Å². The van der Waals surface area contributed by atoms with Gasteiger partial charge < -0.3 is 9.16 Å². The van der Waals surface area contributed by atoms with Crippen molar-refractivity contribution in [1.82, 2.24) is 0 Å². The highest BCUT2D eigenvalue weighted by Gasteiger charge is 2.49. The molecule has 0 saturated heterocycles. The molecule has 0 aromatic rings. The van der Waals surface area contributed by atoms with E-state index in [1.165, 1.54) is 0 Å². The highest BCUT2D eigenvalue weighted by Crippen LogP contribution is 2.44. The molecule has 0 N–H and O–H groups in total. The molecule has 0 radical (unpaired) electrons. The molecule has 0 spiro atoms. The van der Waals surface area contributed by atoms with Crippen LogP contribution in [0.15, 0.2) is 0 Å². The van der Waals surface area contributed by atoms with Crippen molar-refractivity contribution >= 4 is 30.9 Å². The van der Waals surface area contributed by atoms with Gasteiger partial charge in [0.25, 0.3) is 0 Å². The molecule has 72 valence electrons. The minimum absolute atomic E-state index is 0.189. The molecular formula is C8H17IO2Si. The van der Waals surface area contributed by atoms with Gasteiger partial charge in [0.15, 0.2) is 14.1 Å². The van der Waals surface area contributed by atoms with Gasteiger partial charge in [-0.3, -0.25) is 0 Å². The summed E-state index contributed by atoms with van der Waals surface area (Å²) in [5, 5.41) is 0. The number of rotatable bonds is 4. The molecule has 0 aromatic heterocycles. The molecule has 0 aromatic carbocycles. The standard InChI is InChI=1S/C8H17IO2Si/c1-7(9)10-8(5-6-8)11-12(2,3)4/h7H,5-6H2,1-4H3. The predicted molar refractivity (Wildman–Crippen MR) is 61.0 cm³/mol. The molecule has 1 saturated carbocycles. The van der Waals surface area contributed by atoms with Gasteiger partial charge in [-0.1, -0.05) is 22.6 Å². The fraction of sp³-hybridized carbons (Fsp3) is 1.00. The van der Waals surface area contributed by atoms with Crippen LogP contribution >= 0.6 is 22.6 Å². The first kappa shape index (κ1) is 10.9. The zero-order valence-corrected chi connectivity index (χ0v) is 11.3. The van der Waals surface area contributed by atoms with Crippen LogP contribution in [0.5, 0.6) is 0 Å². The van der Waals surface area contributed by atoms with Gasteiger partial charge in [0, 0.05) is 12.8 Å². The summed E-state index contributed by atoms with van der Waals surface area (Å²) in [6, 6.07) is 0. The maximum Gasteiger partial charge on any atom is 0.187 e. The molecule has 1 fully saturated rings. The largest absolute Gasteiger partial charge is 0.391 e. The zero-order valence-electron chi connectivity index (χ0n) is 8.19.